The van der Waals surface area contributed by atoms with Gasteiger partial charge >= 0.3 is 0 Å². The third-order valence-corrected chi connectivity index (χ3v) is 4.04. The maximum atomic E-state index is 13.7. The highest BCUT2D eigenvalue weighted by Gasteiger charge is 2.03. The molecule has 2 N–H and O–H groups in total. The quantitative estimate of drug-likeness (QED) is 0.313. The van der Waals surface area contributed by atoms with Crippen LogP contribution in [0.5, 0.6) is 0 Å². The number of halogens is 2. The minimum absolute atomic E-state index is 0. The number of aliphatic imine (C=N–C) groups is 1. The van der Waals surface area contributed by atoms with Crippen LogP contribution in [0.25, 0.3) is 5.82 Å². The van der Waals surface area contributed by atoms with E-state index in [0.717, 1.165) is 23.5 Å². The lowest BCUT2D eigenvalue weighted by atomic mass is 10.1. The number of pyridine rings is 1. The molecule has 0 atom stereocenters. The van der Waals surface area contributed by atoms with Crippen molar-refractivity contribution in [3.8, 4) is 5.82 Å². The van der Waals surface area contributed by atoms with Crippen LogP contribution in [0.1, 0.15) is 23.6 Å². The van der Waals surface area contributed by atoms with Crippen molar-refractivity contribution in [1.29, 1.82) is 0 Å². The Bertz CT molecular complexity index is 894. The number of benzene rings is 1. The van der Waals surface area contributed by atoms with Crippen LogP contribution in [-0.2, 0) is 13.1 Å². The Morgan fingerprint density at radius 3 is 2.64 bits per heavy atom. The lowest BCUT2D eigenvalue weighted by molar-refractivity contribution is 0.615. The highest BCUT2D eigenvalue weighted by atomic mass is 127. The summed E-state index contributed by atoms with van der Waals surface area (Å²) in [6, 6.07) is 9.16. The van der Waals surface area contributed by atoms with Gasteiger partial charge in [-0.25, -0.2) is 19.4 Å². The Balaban J connectivity index is 0.00000280. The predicted octanol–water partition coefficient (Wildman–Crippen LogP) is 3.59. The van der Waals surface area contributed by atoms with E-state index in [1.807, 2.05) is 35.9 Å². The molecule has 0 saturated carbocycles. The maximum Gasteiger partial charge on any atom is 0.191 e. The molecule has 0 amide bonds. The Kier molecular flexibility index (Phi) is 8.37. The highest BCUT2D eigenvalue weighted by Crippen LogP contribution is 2.09. The van der Waals surface area contributed by atoms with Gasteiger partial charge in [-0.1, -0.05) is 18.2 Å². The SMILES string of the molecule is CCNC(=NCc1ccc(-n2ccnc2)nc1)NCc1ccc(C)c(F)c1.I. The summed E-state index contributed by atoms with van der Waals surface area (Å²) in [5, 5.41) is 6.42. The van der Waals surface area contributed by atoms with Crippen molar-refractivity contribution in [2.24, 2.45) is 4.99 Å². The number of rotatable bonds is 6. The molecule has 0 aliphatic heterocycles. The van der Waals surface area contributed by atoms with Gasteiger partial charge in [0.1, 0.15) is 18.0 Å². The zero-order chi connectivity index (χ0) is 19.1. The zero-order valence-corrected chi connectivity index (χ0v) is 18.2. The van der Waals surface area contributed by atoms with Gasteiger partial charge in [-0.05, 0) is 42.7 Å². The van der Waals surface area contributed by atoms with Crippen LogP contribution in [0.3, 0.4) is 0 Å². The van der Waals surface area contributed by atoms with Gasteiger partial charge in [0.15, 0.2) is 5.96 Å². The van der Waals surface area contributed by atoms with Crippen LogP contribution >= 0.6 is 24.0 Å². The molecule has 0 fully saturated rings. The Morgan fingerprint density at radius 1 is 1.18 bits per heavy atom. The Hall–Kier alpha value is -2.49. The molecule has 148 valence electrons. The summed E-state index contributed by atoms with van der Waals surface area (Å²) in [4.78, 5) is 13.0. The fraction of sp³-hybridized carbons (Fsp3) is 0.250. The van der Waals surface area contributed by atoms with E-state index in [1.54, 1.807) is 37.8 Å². The summed E-state index contributed by atoms with van der Waals surface area (Å²) in [7, 11) is 0. The van der Waals surface area contributed by atoms with Crippen LogP contribution < -0.4 is 10.6 Å². The molecular formula is C20H24FIN6. The van der Waals surface area contributed by atoms with E-state index in [0.29, 0.717) is 24.6 Å². The van der Waals surface area contributed by atoms with E-state index in [4.69, 9.17) is 0 Å². The molecule has 0 saturated heterocycles. The second kappa shape index (κ2) is 10.7. The molecule has 2 aromatic heterocycles. The molecule has 0 aliphatic carbocycles. The third-order valence-electron chi connectivity index (χ3n) is 4.04. The summed E-state index contributed by atoms with van der Waals surface area (Å²) in [6.45, 7) is 5.50. The highest BCUT2D eigenvalue weighted by molar-refractivity contribution is 14.0. The molecule has 3 rings (SSSR count). The van der Waals surface area contributed by atoms with Crippen molar-refractivity contribution in [2.75, 3.05) is 6.54 Å². The molecule has 2 heterocycles. The van der Waals surface area contributed by atoms with Crippen molar-refractivity contribution in [2.45, 2.75) is 26.9 Å². The van der Waals surface area contributed by atoms with Crippen molar-refractivity contribution < 1.29 is 4.39 Å². The average Bonchev–Trinajstić information content (AvgIpc) is 3.22. The normalized spacial score (nSPS) is 11.0. The molecule has 0 radical (unpaired) electrons. The topological polar surface area (TPSA) is 67.1 Å². The number of nitrogens with one attached hydrogen (secondary N) is 2. The number of guanidine groups is 1. The van der Waals surface area contributed by atoms with E-state index < -0.39 is 0 Å². The van der Waals surface area contributed by atoms with Crippen LogP contribution in [0, 0.1) is 12.7 Å². The van der Waals surface area contributed by atoms with Gasteiger partial charge in [0.05, 0.1) is 6.54 Å². The number of hydrogen-bond donors (Lipinski definition) is 2. The molecule has 0 unspecified atom stereocenters. The first kappa shape index (κ1) is 21.8. The van der Waals surface area contributed by atoms with E-state index in [2.05, 4.69) is 25.6 Å². The van der Waals surface area contributed by atoms with Gasteiger partial charge in [-0.15, -0.1) is 24.0 Å². The fourth-order valence-corrected chi connectivity index (χ4v) is 2.50. The minimum atomic E-state index is -0.194. The van der Waals surface area contributed by atoms with Crippen LogP contribution in [0.4, 0.5) is 4.39 Å². The van der Waals surface area contributed by atoms with Gasteiger partial charge in [0.2, 0.25) is 0 Å². The predicted molar refractivity (Wildman–Crippen MR) is 120 cm³/mol. The zero-order valence-electron chi connectivity index (χ0n) is 15.9. The van der Waals surface area contributed by atoms with Gasteiger partial charge in [0.25, 0.3) is 0 Å². The number of aromatic nitrogens is 3. The first-order valence-corrected chi connectivity index (χ1v) is 8.86. The summed E-state index contributed by atoms with van der Waals surface area (Å²) < 4.78 is 15.5. The lowest BCUT2D eigenvalue weighted by Gasteiger charge is -2.12. The van der Waals surface area contributed by atoms with Gasteiger partial charge in [-0.2, -0.15) is 0 Å². The first-order valence-electron chi connectivity index (χ1n) is 8.86. The van der Waals surface area contributed by atoms with Gasteiger partial charge in [-0.3, -0.25) is 4.57 Å². The van der Waals surface area contributed by atoms with Gasteiger partial charge in [0, 0.05) is 31.7 Å². The number of nitrogens with zero attached hydrogens (tertiary/aromatic N) is 4. The summed E-state index contributed by atoms with van der Waals surface area (Å²) in [6.07, 6.45) is 7.08. The molecule has 1 aromatic carbocycles. The monoisotopic (exact) mass is 494 g/mol. The average molecular weight is 494 g/mol. The molecular weight excluding hydrogens is 470 g/mol. The molecule has 0 spiro atoms. The second-order valence-corrected chi connectivity index (χ2v) is 6.13. The smallest absolute Gasteiger partial charge is 0.191 e. The van der Waals surface area contributed by atoms with Crippen LogP contribution in [0.2, 0.25) is 0 Å². The number of hydrogen-bond acceptors (Lipinski definition) is 3. The lowest BCUT2D eigenvalue weighted by Crippen LogP contribution is -2.36. The summed E-state index contributed by atoms with van der Waals surface area (Å²) in [5.74, 6) is 1.30. The summed E-state index contributed by atoms with van der Waals surface area (Å²) >= 11 is 0. The minimum Gasteiger partial charge on any atom is -0.357 e. The van der Waals surface area contributed by atoms with Crippen LogP contribution in [0.15, 0.2) is 60.2 Å². The van der Waals surface area contributed by atoms with Crippen molar-refractivity contribution in [1.82, 2.24) is 25.2 Å². The largest absolute Gasteiger partial charge is 0.357 e. The maximum absolute atomic E-state index is 13.7. The first-order chi connectivity index (χ1) is 13.2. The van der Waals surface area contributed by atoms with Crippen molar-refractivity contribution in [3.63, 3.8) is 0 Å². The second-order valence-electron chi connectivity index (χ2n) is 6.13. The third kappa shape index (κ3) is 6.01. The number of imidazole rings is 1. The molecule has 6 nitrogen and oxygen atoms in total. The van der Waals surface area contributed by atoms with Gasteiger partial charge < -0.3 is 10.6 Å². The van der Waals surface area contributed by atoms with E-state index >= 15 is 0 Å². The van der Waals surface area contributed by atoms with Crippen molar-refractivity contribution in [3.05, 3.63) is 77.8 Å². The standard InChI is InChI=1S/C20H23FN6.HI/c1-3-23-20(25-11-16-5-4-15(2)18(21)10-16)26-13-17-6-7-19(24-12-17)27-9-8-22-14-27;/h4-10,12,14H,3,11,13H2,1-2H3,(H2,23,25,26);1H. The van der Waals surface area contributed by atoms with E-state index in [-0.39, 0.29) is 29.8 Å². The Morgan fingerprint density at radius 2 is 2.00 bits per heavy atom. The van der Waals surface area contributed by atoms with E-state index in [1.165, 1.54) is 0 Å². The molecule has 0 bridgehead atoms. The Labute approximate surface area is 181 Å². The molecule has 0 aliphatic rings. The molecule has 3 aromatic rings. The molecule has 8 heteroatoms. The van der Waals surface area contributed by atoms with Crippen molar-refractivity contribution >= 4 is 29.9 Å². The van der Waals surface area contributed by atoms with Crippen LogP contribution in [-0.4, -0.2) is 27.0 Å². The van der Waals surface area contributed by atoms with E-state index in [9.17, 15) is 4.39 Å². The summed E-state index contributed by atoms with van der Waals surface area (Å²) in [5.41, 5.74) is 2.51. The number of aryl methyl sites for hydroxylation is 1. The molecule has 28 heavy (non-hydrogen) atoms. The fourth-order valence-electron chi connectivity index (χ4n) is 2.50.